The van der Waals surface area contributed by atoms with Gasteiger partial charge in [-0.1, -0.05) is 30.3 Å². The lowest BCUT2D eigenvalue weighted by Crippen LogP contribution is -2.45. The van der Waals surface area contributed by atoms with Crippen LogP contribution in [0.4, 0.5) is 9.18 Å². The maximum absolute atomic E-state index is 14.6. The monoisotopic (exact) mass is 339 g/mol. The predicted octanol–water partition coefficient (Wildman–Crippen LogP) is 3.41. The summed E-state index contributed by atoms with van der Waals surface area (Å²) >= 11 is 0. The quantitative estimate of drug-likeness (QED) is 0.773. The van der Waals surface area contributed by atoms with Gasteiger partial charge in [0.2, 0.25) is 0 Å². The molecule has 0 saturated heterocycles. The number of nitrogens with one attached hydrogen (secondary N) is 1. The molecule has 0 radical (unpaired) electrons. The lowest BCUT2D eigenvalue weighted by Gasteiger charge is -2.25. The molecule has 1 aromatic rings. The standard InChI is InChI=1S/C18H26FNO4/c1-18(2,3)24-17(22)20-15(12-13-8-6-5-7-9-13)14(19)10-11-16(21)23-4/h5-9,14-15H,10-12H2,1-4H3,(H,20,22)/t14-,15+/m1/s1. The molecular weight excluding hydrogens is 313 g/mol. The molecule has 0 heterocycles. The highest BCUT2D eigenvalue weighted by atomic mass is 19.1. The fourth-order valence-electron chi connectivity index (χ4n) is 2.16. The second-order valence-electron chi connectivity index (χ2n) is 6.57. The minimum Gasteiger partial charge on any atom is -0.469 e. The first kappa shape index (κ1) is 19.9. The van der Waals surface area contributed by atoms with Gasteiger partial charge in [-0.25, -0.2) is 9.18 Å². The Bertz CT molecular complexity index is 528. The van der Waals surface area contributed by atoms with E-state index >= 15 is 0 Å². The van der Waals surface area contributed by atoms with Crippen LogP contribution in [0.5, 0.6) is 0 Å². The van der Waals surface area contributed by atoms with Crippen molar-refractivity contribution in [2.75, 3.05) is 7.11 Å². The number of amides is 1. The third-order valence-corrected chi connectivity index (χ3v) is 3.29. The van der Waals surface area contributed by atoms with E-state index in [4.69, 9.17) is 4.74 Å². The molecule has 1 N–H and O–H groups in total. The summed E-state index contributed by atoms with van der Waals surface area (Å²) in [6.07, 6.45) is -1.83. The zero-order valence-electron chi connectivity index (χ0n) is 14.7. The fraction of sp³-hybridized carbons (Fsp3) is 0.556. The van der Waals surface area contributed by atoms with Crippen LogP contribution >= 0.6 is 0 Å². The Balaban J connectivity index is 2.74. The van der Waals surface area contributed by atoms with E-state index in [1.165, 1.54) is 7.11 Å². The second kappa shape index (κ2) is 9.25. The Labute approximate surface area is 142 Å². The van der Waals surface area contributed by atoms with Crippen LogP contribution in [-0.4, -0.2) is 37.0 Å². The summed E-state index contributed by atoms with van der Waals surface area (Å²) in [5.74, 6) is -0.478. The van der Waals surface area contributed by atoms with Crippen molar-refractivity contribution in [3.05, 3.63) is 35.9 Å². The highest BCUT2D eigenvalue weighted by Gasteiger charge is 2.26. The molecule has 5 nitrogen and oxygen atoms in total. The highest BCUT2D eigenvalue weighted by molar-refractivity contribution is 5.69. The van der Waals surface area contributed by atoms with Crippen LogP contribution in [0.25, 0.3) is 0 Å². The number of benzene rings is 1. The zero-order chi connectivity index (χ0) is 18.2. The Kier molecular flexibility index (Phi) is 7.68. The molecule has 0 fully saturated rings. The van der Waals surface area contributed by atoms with Crippen LogP contribution in [0.3, 0.4) is 0 Å². The van der Waals surface area contributed by atoms with Gasteiger partial charge in [0.15, 0.2) is 0 Å². The lowest BCUT2D eigenvalue weighted by molar-refractivity contribution is -0.141. The van der Waals surface area contributed by atoms with Crippen molar-refractivity contribution >= 4 is 12.1 Å². The number of hydrogen-bond donors (Lipinski definition) is 1. The van der Waals surface area contributed by atoms with Crippen molar-refractivity contribution in [3.8, 4) is 0 Å². The van der Waals surface area contributed by atoms with Crippen molar-refractivity contribution in [1.82, 2.24) is 5.32 Å². The van der Waals surface area contributed by atoms with Crippen LogP contribution in [0.15, 0.2) is 30.3 Å². The van der Waals surface area contributed by atoms with E-state index in [2.05, 4.69) is 10.1 Å². The van der Waals surface area contributed by atoms with Crippen molar-refractivity contribution in [1.29, 1.82) is 0 Å². The van der Waals surface area contributed by atoms with E-state index in [9.17, 15) is 14.0 Å². The van der Waals surface area contributed by atoms with Crippen LogP contribution in [-0.2, 0) is 20.7 Å². The Morgan fingerprint density at radius 2 is 1.83 bits per heavy atom. The third kappa shape index (κ3) is 7.94. The third-order valence-electron chi connectivity index (χ3n) is 3.29. The summed E-state index contributed by atoms with van der Waals surface area (Å²) in [5, 5.41) is 2.58. The number of alkyl halides is 1. The van der Waals surface area contributed by atoms with E-state index in [1.807, 2.05) is 30.3 Å². The number of carbonyl (C=O) groups is 2. The van der Waals surface area contributed by atoms with E-state index in [1.54, 1.807) is 20.8 Å². The first-order valence-electron chi connectivity index (χ1n) is 7.95. The average Bonchev–Trinajstić information content (AvgIpc) is 2.50. The summed E-state index contributed by atoms with van der Waals surface area (Å²) in [4.78, 5) is 23.2. The SMILES string of the molecule is COC(=O)CC[C@@H](F)[C@H](Cc1ccccc1)NC(=O)OC(C)(C)C. The number of carbonyl (C=O) groups excluding carboxylic acids is 2. The molecule has 134 valence electrons. The minimum atomic E-state index is -1.39. The molecule has 1 amide bonds. The number of esters is 1. The molecule has 0 unspecified atom stereocenters. The Morgan fingerprint density at radius 1 is 1.21 bits per heavy atom. The van der Waals surface area contributed by atoms with Gasteiger partial charge < -0.3 is 14.8 Å². The predicted molar refractivity (Wildman–Crippen MR) is 89.4 cm³/mol. The van der Waals surface area contributed by atoms with Crippen LogP contribution in [0, 0.1) is 0 Å². The van der Waals surface area contributed by atoms with Gasteiger partial charge in [0.1, 0.15) is 11.8 Å². The van der Waals surface area contributed by atoms with Crippen LogP contribution in [0.1, 0.15) is 39.2 Å². The molecule has 0 saturated carbocycles. The van der Waals surface area contributed by atoms with Crippen LogP contribution in [0.2, 0.25) is 0 Å². The van der Waals surface area contributed by atoms with Gasteiger partial charge in [-0.3, -0.25) is 4.79 Å². The average molecular weight is 339 g/mol. The van der Waals surface area contributed by atoms with Crippen molar-refractivity contribution in [2.45, 2.75) is 57.8 Å². The molecular formula is C18H26FNO4. The topological polar surface area (TPSA) is 64.6 Å². The zero-order valence-corrected chi connectivity index (χ0v) is 14.7. The second-order valence-corrected chi connectivity index (χ2v) is 6.57. The van der Waals surface area contributed by atoms with Gasteiger partial charge in [-0.2, -0.15) is 0 Å². The van der Waals surface area contributed by atoms with Crippen molar-refractivity contribution < 1.29 is 23.5 Å². The van der Waals surface area contributed by atoms with E-state index < -0.39 is 29.9 Å². The lowest BCUT2D eigenvalue weighted by atomic mass is 9.99. The van der Waals surface area contributed by atoms with E-state index in [0.29, 0.717) is 6.42 Å². The fourth-order valence-corrected chi connectivity index (χ4v) is 2.16. The molecule has 0 aliphatic heterocycles. The number of methoxy groups -OCH3 is 1. The number of halogens is 1. The first-order chi connectivity index (χ1) is 11.2. The van der Waals surface area contributed by atoms with Crippen molar-refractivity contribution in [3.63, 3.8) is 0 Å². The summed E-state index contributed by atoms with van der Waals surface area (Å²) in [6, 6.07) is 8.49. The van der Waals surface area contributed by atoms with E-state index in [0.717, 1.165) is 5.56 Å². The maximum Gasteiger partial charge on any atom is 0.407 e. The van der Waals surface area contributed by atoms with Crippen molar-refractivity contribution in [2.24, 2.45) is 0 Å². The number of alkyl carbamates (subject to hydrolysis) is 1. The van der Waals surface area contributed by atoms with Gasteiger partial charge in [-0.05, 0) is 39.2 Å². The largest absolute Gasteiger partial charge is 0.469 e. The molecule has 0 spiro atoms. The summed E-state index contributed by atoms with van der Waals surface area (Å²) < 4.78 is 24.3. The number of hydrogen-bond acceptors (Lipinski definition) is 4. The smallest absolute Gasteiger partial charge is 0.407 e. The van der Waals surface area contributed by atoms with Gasteiger partial charge >= 0.3 is 12.1 Å². The molecule has 1 rings (SSSR count). The Hall–Kier alpha value is -2.11. The summed E-state index contributed by atoms with van der Waals surface area (Å²) in [7, 11) is 1.26. The normalized spacial score (nSPS) is 13.7. The van der Waals surface area contributed by atoms with Gasteiger partial charge in [0, 0.05) is 6.42 Å². The molecule has 2 atom stereocenters. The summed E-state index contributed by atoms with van der Waals surface area (Å²) in [5.41, 5.74) is 0.221. The Morgan fingerprint density at radius 3 is 2.38 bits per heavy atom. The molecule has 0 aliphatic carbocycles. The summed E-state index contributed by atoms with van der Waals surface area (Å²) in [6.45, 7) is 5.22. The van der Waals surface area contributed by atoms with Gasteiger partial charge in [0.05, 0.1) is 13.2 Å². The first-order valence-corrected chi connectivity index (χ1v) is 7.95. The molecule has 24 heavy (non-hydrogen) atoms. The number of rotatable bonds is 7. The van der Waals surface area contributed by atoms with Gasteiger partial charge in [-0.15, -0.1) is 0 Å². The van der Waals surface area contributed by atoms with Gasteiger partial charge in [0.25, 0.3) is 0 Å². The maximum atomic E-state index is 14.6. The van der Waals surface area contributed by atoms with E-state index in [-0.39, 0.29) is 12.8 Å². The molecule has 0 aromatic heterocycles. The molecule has 0 bridgehead atoms. The number of ether oxygens (including phenoxy) is 2. The van der Waals surface area contributed by atoms with Crippen LogP contribution < -0.4 is 5.32 Å². The highest BCUT2D eigenvalue weighted by Crippen LogP contribution is 2.15. The minimum absolute atomic E-state index is 0.0278. The molecule has 0 aliphatic rings. The molecule has 6 heteroatoms. The molecule has 1 aromatic carbocycles.